The normalized spacial score (nSPS) is 24.0. The minimum atomic E-state index is -1.31. The Labute approximate surface area is 146 Å². The molecule has 0 unspecified atom stereocenters. The molecule has 138 valence electrons. The third kappa shape index (κ3) is 4.70. The van der Waals surface area contributed by atoms with Crippen molar-refractivity contribution in [2.75, 3.05) is 26.7 Å². The van der Waals surface area contributed by atoms with Crippen LogP contribution in [-0.2, 0) is 16.0 Å². The van der Waals surface area contributed by atoms with Crippen LogP contribution in [0.5, 0.6) is 5.75 Å². The molecule has 1 aromatic carbocycles. The van der Waals surface area contributed by atoms with E-state index in [2.05, 4.69) is 0 Å². The summed E-state index contributed by atoms with van der Waals surface area (Å²) >= 11 is 0. The number of rotatable bonds is 8. The van der Waals surface area contributed by atoms with Crippen LogP contribution in [0.15, 0.2) is 24.3 Å². The first-order chi connectivity index (χ1) is 11.9. The Morgan fingerprint density at radius 2 is 2.12 bits per heavy atom. The number of methoxy groups -OCH3 is 1. The van der Waals surface area contributed by atoms with Gasteiger partial charge in [-0.1, -0.05) is 12.1 Å². The number of nitrogens with zero attached hydrogens (tertiary/aromatic N) is 1. The molecule has 1 fully saturated rings. The van der Waals surface area contributed by atoms with Crippen molar-refractivity contribution in [2.24, 2.45) is 5.41 Å². The number of hydrogen-bond donors (Lipinski definition) is 3. The molecular formula is C18H25NO6. The number of carbonyl (C=O) groups is 2. The number of piperidine rings is 1. The van der Waals surface area contributed by atoms with Crippen LogP contribution in [0.2, 0.25) is 0 Å². The fraction of sp³-hybridized carbons (Fsp3) is 0.556. The van der Waals surface area contributed by atoms with E-state index in [0.29, 0.717) is 31.7 Å². The molecule has 0 saturated carbocycles. The number of aliphatic carboxylic acids is 2. The molecule has 1 aliphatic rings. The highest BCUT2D eigenvalue weighted by Crippen LogP contribution is 2.35. The Kier molecular flexibility index (Phi) is 6.39. The molecule has 0 aromatic heterocycles. The van der Waals surface area contributed by atoms with Gasteiger partial charge in [-0.15, -0.1) is 0 Å². The summed E-state index contributed by atoms with van der Waals surface area (Å²) in [5, 5.41) is 29.1. The van der Waals surface area contributed by atoms with Crippen LogP contribution >= 0.6 is 0 Å². The Balaban J connectivity index is 2.16. The fourth-order valence-corrected chi connectivity index (χ4v) is 3.42. The molecule has 0 bridgehead atoms. The minimum absolute atomic E-state index is 0.0506. The van der Waals surface area contributed by atoms with Gasteiger partial charge < -0.3 is 25.0 Å². The van der Waals surface area contributed by atoms with Gasteiger partial charge in [-0.25, -0.2) is 0 Å². The van der Waals surface area contributed by atoms with E-state index in [1.165, 1.54) is 0 Å². The molecule has 0 radical (unpaired) electrons. The van der Waals surface area contributed by atoms with E-state index in [-0.39, 0.29) is 19.4 Å². The van der Waals surface area contributed by atoms with Gasteiger partial charge in [0.05, 0.1) is 13.2 Å². The van der Waals surface area contributed by atoms with Crippen molar-refractivity contribution in [3.8, 4) is 5.75 Å². The van der Waals surface area contributed by atoms with Crippen LogP contribution in [0.3, 0.4) is 0 Å². The predicted molar refractivity (Wildman–Crippen MR) is 90.7 cm³/mol. The smallest absolute Gasteiger partial charge is 0.313 e. The summed E-state index contributed by atoms with van der Waals surface area (Å²) in [6, 6.07) is 7.18. The highest BCUT2D eigenvalue weighted by Gasteiger charge is 2.49. The van der Waals surface area contributed by atoms with Crippen molar-refractivity contribution >= 4 is 11.9 Å². The van der Waals surface area contributed by atoms with E-state index in [9.17, 15) is 19.8 Å². The van der Waals surface area contributed by atoms with E-state index in [1.54, 1.807) is 25.3 Å². The van der Waals surface area contributed by atoms with Crippen molar-refractivity contribution in [1.29, 1.82) is 0 Å². The number of carboxylic acid groups (broad SMARTS) is 2. The monoisotopic (exact) mass is 351 g/mol. The van der Waals surface area contributed by atoms with Crippen LogP contribution in [0.4, 0.5) is 0 Å². The summed E-state index contributed by atoms with van der Waals surface area (Å²) in [6.45, 7) is 1.26. The quantitative estimate of drug-likeness (QED) is 0.647. The first-order valence-corrected chi connectivity index (χ1v) is 8.36. The maximum Gasteiger partial charge on any atom is 0.313 e. The van der Waals surface area contributed by atoms with Crippen LogP contribution in [-0.4, -0.2) is 65.0 Å². The van der Waals surface area contributed by atoms with Gasteiger partial charge in [-0.3, -0.25) is 9.59 Å². The summed E-state index contributed by atoms with van der Waals surface area (Å²) in [5.41, 5.74) is -0.526. The highest BCUT2D eigenvalue weighted by atomic mass is 16.5. The number of benzene rings is 1. The zero-order valence-electron chi connectivity index (χ0n) is 14.4. The molecule has 0 amide bonds. The molecule has 0 aliphatic carbocycles. The summed E-state index contributed by atoms with van der Waals surface area (Å²) in [5.74, 6) is -1.26. The fourth-order valence-electron chi connectivity index (χ4n) is 3.42. The second kappa shape index (κ2) is 8.31. The molecule has 1 heterocycles. The molecule has 2 rings (SSSR count). The molecule has 2 atom stereocenters. The number of likely N-dealkylation sites (tertiary alicyclic amines) is 1. The van der Waals surface area contributed by atoms with Gasteiger partial charge in [0, 0.05) is 19.5 Å². The standard InChI is InChI=1S/C18H25NO6/c1-25-14-5-2-4-13(10-14)11-18(17(23)24)12-19(9-7-15(18)20)8-3-6-16(21)22/h2,4-5,10,15,20H,3,6-9,11-12H2,1H3,(H,21,22)(H,23,24)/t15-,18-/m1/s1. The third-order valence-electron chi connectivity index (χ3n) is 4.81. The van der Waals surface area contributed by atoms with Crippen LogP contribution in [0, 0.1) is 5.41 Å². The lowest BCUT2D eigenvalue weighted by Crippen LogP contribution is -2.57. The average molecular weight is 351 g/mol. The lowest BCUT2D eigenvalue weighted by molar-refractivity contribution is -0.163. The molecule has 0 spiro atoms. The largest absolute Gasteiger partial charge is 0.497 e. The third-order valence-corrected chi connectivity index (χ3v) is 4.81. The maximum absolute atomic E-state index is 12.1. The number of carboxylic acids is 2. The van der Waals surface area contributed by atoms with E-state index in [0.717, 1.165) is 5.56 Å². The average Bonchev–Trinajstić information content (AvgIpc) is 2.57. The van der Waals surface area contributed by atoms with Gasteiger partial charge >= 0.3 is 11.9 Å². The second-order valence-electron chi connectivity index (χ2n) is 6.57. The summed E-state index contributed by atoms with van der Waals surface area (Å²) in [7, 11) is 1.55. The topological polar surface area (TPSA) is 107 Å². The van der Waals surface area contributed by atoms with Crippen LogP contribution in [0.25, 0.3) is 0 Å². The Bertz CT molecular complexity index is 619. The van der Waals surface area contributed by atoms with Crippen molar-refractivity contribution < 1.29 is 29.6 Å². The van der Waals surface area contributed by atoms with Crippen molar-refractivity contribution in [2.45, 2.75) is 31.8 Å². The highest BCUT2D eigenvalue weighted by molar-refractivity contribution is 5.76. The minimum Gasteiger partial charge on any atom is -0.497 e. The molecule has 3 N–H and O–H groups in total. The van der Waals surface area contributed by atoms with E-state index >= 15 is 0 Å². The van der Waals surface area contributed by atoms with Gasteiger partial charge in [0.2, 0.25) is 0 Å². The summed E-state index contributed by atoms with van der Waals surface area (Å²) in [6.07, 6.45) is 0.0984. The Hall–Kier alpha value is -2.12. The lowest BCUT2D eigenvalue weighted by atomic mass is 9.72. The number of aliphatic hydroxyl groups excluding tert-OH is 1. The van der Waals surface area contributed by atoms with Crippen molar-refractivity contribution in [1.82, 2.24) is 4.90 Å². The zero-order chi connectivity index (χ0) is 18.4. The van der Waals surface area contributed by atoms with Gasteiger partial charge in [-0.2, -0.15) is 0 Å². The van der Waals surface area contributed by atoms with Gasteiger partial charge in [0.25, 0.3) is 0 Å². The van der Waals surface area contributed by atoms with Gasteiger partial charge in [0.1, 0.15) is 11.2 Å². The number of ether oxygens (including phenoxy) is 1. The van der Waals surface area contributed by atoms with E-state index < -0.39 is 23.5 Å². The lowest BCUT2D eigenvalue weighted by Gasteiger charge is -2.43. The first kappa shape index (κ1) is 19.2. The molecule has 1 saturated heterocycles. The molecular weight excluding hydrogens is 326 g/mol. The molecule has 1 aromatic rings. The molecule has 7 heteroatoms. The second-order valence-corrected chi connectivity index (χ2v) is 6.57. The Morgan fingerprint density at radius 1 is 1.36 bits per heavy atom. The summed E-state index contributed by atoms with van der Waals surface area (Å²) < 4.78 is 5.18. The van der Waals surface area contributed by atoms with Crippen molar-refractivity contribution in [3.05, 3.63) is 29.8 Å². The number of hydrogen-bond acceptors (Lipinski definition) is 5. The van der Waals surface area contributed by atoms with Crippen LogP contribution in [0.1, 0.15) is 24.8 Å². The van der Waals surface area contributed by atoms with Gasteiger partial charge in [0.15, 0.2) is 0 Å². The van der Waals surface area contributed by atoms with Crippen molar-refractivity contribution in [3.63, 3.8) is 0 Å². The number of aliphatic hydroxyl groups is 1. The molecule has 1 aliphatic heterocycles. The van der Waals surface area contributed by atoms with Crippen LogP contribution < -0.4 is 4.74 Å². The first-order valence-electron chi connectivity index (χ1n) is 8.36. The predicted octanol–water partition coefficient (Wildman–Crippen LogP) is 1.24. The summed E-state index contributed by atoms with van der Waals surface area (Å²) in [4.78, 5) is 24.7. The molecule has 7 nitrogen and oxygen atoms in total. The van der Waals surface area contributed by atoms with E-state index in [4.69, 9.17) is 9.84 Å². The Morgan fingerprint density at radius 3 is 2.76 bits per heavy atom. The molecule has 25 heavy (non-hydrogen) atoms. The van der Waals surface area contributed by atoms with E-state index in [1.807, 2.05) is 11.0 Å². The SMILES string of the molecule is COc1cccc(C[C@@]2(C(=O)O)CN(CCCC(=O)O)CC[C@H]2O)c1. The van der Waals surface area contributed by atoms with Gasteiger partial charge in [-0.05, 0) is 43.5 Å². The zero-order valence-corrected chi connectivity index (χ0v) is 14.4. The maximum atomic E-state index is 12.1.